The Morgan fingerprint density at radius 1 is 1.27 bits per heavy atom. The summed E-state index contributed by atoms with van der Waals surface area (Å²) in [4.78, 5) is 0. The van der Waals surface area contributed by atoms with Gasteiger partial charge in [0, 0.05) is 5.92 Å². The first-order chi connectivity index (χ1) is 5.33. The monoisotopic (exact) mass is 159 g/mol. The van der Waals surface area contributed by atoms with Gasteiger partial charge in [-0.1, -0.05) is 0 Å². The molecule has 0 aromatic carbocycles. The number of hydrogen-bond donors (Lipinski definition) is 2. The van der Waals surface area contributed by atoms with Gasteiger partial charge < -0.3 is 20.3 Å². The first-order valence-corrected chi connectivity index (χ1v) is 3.94. The Labute approximate surface area is 65.3 Å². The standard InChI is InChI=1S/C7H13NO3/c8-1-4-2-10-7-5(9)3-11-6(4)7/h4-7,9H,1-3,8H2. The lowest BCUT2D eigenvalue weighted by atomic mass is 10.0. The van der Waals surface area contributed by atoms with E-state index in [4.69, 9.17) is 15.2 Å². The Morgan fingerprint density at radius 3 is 2.73 bits per heavy atom. The van der Waals surface area contributed by atoms with Crippen molar-refractivity contribution in [3.63, 3.8) is 0 Å². The summed E-state index contributed by atoms with van der Waals surface area (Å²) in [6, 6.07) is 0. The lowest BCUT2D eigenvalue weighted by molar-refractivity contribution is 0.0171. The maximum Gasteiger partial charge on any atom is 0.112 e. The van der Waals surface area contributed by atoms with Crippen LogP contribution in [0.3, 0.4) is 0 Å². The highest BCUT2D eigenvalue weighted by atomic mass is 16.6. The van der Waals surface area contributed by atoms with Crippen molar-refractivity contribution in [1.29, 1.82) is 0 Å². The predicted molar refractivity (Wildman–Crippen MR) is 38.0 cm³/mol. The van der Waals surface area contributed by atoms with E-state index in [1.807, 2.05) is 0 Å². The largest absolute Gasteiger partial charge is 0.388 e. The fraction of sp³-hybridized carbons (Fsp3) is 1.00. The summed E-state index contributed by atoms with van der Waals surface area (Å²) in [6.07, 6.45) is -0.532. The summed E-state index contributed by atoms with van der Waals surface area (Å²) in [7, 11) is 0. The number of ether oxygens (including phenoxy) is 2. The quantitative estimate of drug-likeness (QED) is 0.500. The van der Waals surface area contributed by atoms with Gasteiger partial charge >= 0.3 is 0 Å². The zero-order valence-electron chi connectivity index (χ0n) is 6.27. The Bertz CT molecular complexity index is 153. The van der Waals surface area contributed by atoms with Crippen LogP contribution in [0.5, 0.6) is 0 Å². The smallest absolute Gasteiger partial charge is 0.112 e. The van der Waals surface area contributed by atoms with Crippen LogP contribution in [0.15, 0.2) is 0 Å². The van der Waals surface area contributed by atoms with Gasteiger partial charge in [0.1, 0.15) is 12.2 Å². The summed E-state index contributed by atoms with van der Waals surface area (Å²) in [6.45, 7) is 1.60. The highest BCUT2D eigenvalue weighted by molar-refractivity contribution is 4.94. The first-order valence-electron chi connectivity index (χ1n) is 3.94. The van der Waals surface area contributed by atoms with Crippen LogP contribution in [0.4, 0.5) is 0 Å². The number of aliphatic hydroxyl groups is 1. The molecule has 0 spiro atoms. The van der Waals surface area contributed by atoms with Crippen molar-refractivity contribution >= 4 is 0 Å². The minimum absolute atomic E-state index is 0.0370. The number of aliphatic hydroxyl groups excluding tert-OH is 1. The van der Waals surface area contributed by atoms with Crippen LogP contribution in [-0.4, -0.2) is 43.2 Å². The summed E-state index contributed by atoms with van der Waals surface area (Å²) in [5.74, 6) is 0.275. The molecule has 2 saturated heterocycles. The van der Waals surface area contributed by atoms with E-state index in [1.165, 1.54) is 0 Å². The summed E-state index contributed by atoms with van der Waals surface area (Å²) < 4.78 is 10.7. The maximum atomic E-state index is 9.32. The van der Waals surface area contributed by atoms with E-state index in [9.17, 15) is 5.11 Å². The normalized spacial score (nSPS) is 49.6. The minimum Gasteiger partial charge on any atom is -0.388 e. The van der Waals surface area contributed by atoms with Gasteiger partial charge in [-0.25, -0.2) is 0 Å². The van der Waals surface area contributed by atoms with Crippen LogP contribution >= 0.6 is 0 Å². The van der Waals surface area contributed by atoms with Crippen molar-refractivity contribution in [2.24, 2.45) is 11.7 Å². The van der Waals surface area contributed by atoms with Crippen molar-refractivity contribution in [3.05, 3.63) is 0 Å². The summed E-state index contributed by atoms with van der Waals surface area (Å²) >= 11 is 0. The number of rotatable bonds is 1. The van der Waals surface area contributed by atoms with Gasteiger partial charge in [0.05, 0.1) is 19.3 Å². The third-order valence-electron chi connectivity index (χ3n) is 2.43. The molecule has 4 heteroatoms. The van der Waals surface area contributed by atoms with Gasteiger partial charge in [-0.3, -0.25) is 0 Å². The topological polar surface area (TPSA) is 64.7 Å². The number of nitrogens with two attached hydrogens (primary N) is 1. The maximum absolute atomic E-state index is 9.32. The molecule has 4 atom stereocenters. The van der Waals surface area contributed by atoms with Crippen LogP contribution in [0.25, 0.3) is 0 Å². The average molecular weight is 159 g/mol. The van der Waals surface area contributed by atoms with Crippen molar-refractivity contribution in [2.45, 2.75) is 18.3 Å². The zero-order valence-corrected chi connectivity index (χ0v) is 6.27. The molecule has 2 rings (SSSR count). The molecule has 4 unspecified atom stereocenters. The lowest BCUT2D eigenvalue weighted by Gasteiger charge is -2.12. The Hall–Kier alpha value is -0.160. The summed E-state index contributed by atoms with van der Waals surface area (Å²) in [5, 5.41) is 9.32. The fourth-order valence-electron chi connectivity index (χ4n) is 1.76. The van der Waals surface area contributed by atoms with E-state index in [2.05, 4.69) is 0 Å². The lowest BCUT2D eigenvalue weighted by Crippen LogP contribution is -2.31. The zero-order chi connectivity index (χ0) is 7.84. The first kappa shape index (κ1) is 7.49. The van der Waals surface area contributed by atoms with Gasteiger partial charge in [-0.15, -0.1) is 0 Å². The Morgan fingerprint density at radius 2 is 2.00 bits per heavy atom. The van der Waals surface area contributed by atoms with Crippen LogP contribution in [0.1, 0.15) is 0 Å². The van der Waals surface area contributed by atoms with Crippen molar-refractivity contribution in [1.82, 2.24) is 0 Å². The van der Waals surface area contributed by atoms with Gasteiger partial charge in [-0.05, 0) is 6.54 Å². The predicted octanol–water partition coefficient (Wildman–Crippen LogP) is -1.28. The molecular formula is C7H13NO3. The molecule has 0 bridgehead atoms. The molecule has 3 N–H and O–H groups in total. The van der Waals surface area contributed by atoms with Crippen molar-refractivity contribution in [2.75, 3.05) is 19.8 Å². The molecule has 2 fully saturated rings. The second-order valence-electron chi connectivity index (χ2n) is 3.16. The highest BCUT2D eigenvalue weighted by Gasteiger charge is 2.46. The molecule has 4 nitrogen and oxygen atoms in total. The van der Waals surface area contributed by atoms with E-state index < -0.39 is 6.10 Å². The molecule has 64 valence electrons. The minimum atomic E-state index is -0.448. The van der Waals surface area contributed by atoms with Crippen molar-refractivity contribution in [3.8, 4) is 0 Å². The van der Waals surface area contributed by atoms with E-state index in [0.717, 1.165) is 0 Å². The second kappa shape index (κ2) is 2.71. The molecule has 0 aliphatic carbocycles. The number of fused-ring (bicyclic) bond motifs is 1. The van der Waals surface area contributed by atoms with E-state index in [1.54, 1.807) is 0 Å². The molecule has 2 aliphatic rings. The van der Waals surface area contributed by atoms with E-state index >= 15 is 0 Å². The molecule has 11 heavy (non-hydrogen) atoms. The highest BCUT2D eigenvalue weighted by Crippen LogP contribution is 2.30. The Balaban J connectivity index is 2.04. The van der Waals surface area contributed by atoms with Crippen LogP contribution in [0, 0.1) is 5.92 Å². The molecule has 0 amide bonds. The molecule has 2 heterocycles. The second-order valence-corrected chi connectivity index (χ2v) is 3.16. The third kappa shape index (κ3) is 1.06. The Kier molecular flexibility index (Phi) is 1.85. The molecule has 0 radical (unpaired) electrons. The van der Waals surface area contributed by atoms with Gasteiger partial charge in [0.15, 0.2) is 0 Å². The molecule has 2 aliphatic heterocycles. The molecule has 0 aromatic rings. The van der Waals surface area contributed by atoms with E-state index in [-0.39, 0.29) is 18.1 Å². The van der Waals surface area contributed by atoms with Gasteiger partial charge in [0.2, 0.25) is 0 Å². The van der Waals surface area contributed by atoms with E-state index in [0.29, 0.717) is 19.8 Å². The fourth-order valence-corrected chi connectivity index (χ4v) is 1.76. The summed E-state index contributed by atoms with van der Waals surface area (Å²) in [5.41, 5.74) is 5.49. The molecular weight excluding hydrogens is 146 g/mol. The number of hydrogen-bond acceptors (Lipinski definition) is 4. The van der Waals surface area contributed by atoms with Crippen LogP contribution in [-0.2, 0) is 9.47 Å². The van der Waals surface area contributed by atoms with Crippen molar-refractivity contribution < 1.29 is 14.6 Å². The average Bonchev–Trinajstić information content (AvgIpc) is 2.53. The SMILES string of the molecule is NCC1COC2C(O)COC12. The van der Waals surface area contributed by atoms with Gasteiger partial charge in [-0.2, -0.15) is 0 Å². The molecule has 0 saturated carbocycles. The van der Waals surface area contributed by atoms with Crippen LogP contribution in [0.2, 0.25) is 0 Å². The van der Waals surface area contributed by atoms with Crippen LogP contribution < -0.4 is 5.73 Å². The molecule has 0 aromatic heterocycles. The third-order valence-corrected chi connectivity index (χ3v) is 2.43. The van der Waals surface area contributed by atoms with Gasteiger partial charge in [0.25, 0.3) is 0 Å².